The van der Waals surface area contributed by atoms with Gasteiger partial charge in [-0.15, -0.1) is 0 Å². The minimum absolute atomic E-state index is 0.0792. The molecule has 2 rings (SSSR count). The standard InChI is InChI=1S/C14H12O5/c1-7-5-8(6-11(16)12(7)17)13(18)9-3-2-4-10(15)14(9)19/h2-6,15-17,19H,1H3. The maximum Gasteiger partial charge on any atom is 0.197 e. The quantitative estimate of drug-likeness (QED) is 0.489. The van der Waals surface area contributed by atoms with E-state index in [2.05, 4.69) is 0 Å². The van der Waals surface area contributed by atoms with Gasteiger partial charge in [-0.25, -0.2) is 0 Å². The second-order valence-corrected chi connectivity index (χ2v) is 4.16. The third-order valence-electron chi connectivity index (χ3n) is 2.80. The molecule has 0 amide bonds. The van der Waals surface area contributed by atoms with Crippen molar-refractivity contribution in [3.8, 4) is 23.0 Å². The Bertz CT molecular complexity index is 638. The van der Waals surface area contributed by atoms with Crippen molar-refractivity contribution in [2.24, 2.45) is 0 Å². The van der Waals surface area contributed by atoms with Crippen molar-refractivity contribution in [3.63, 3.8) is 0 Å². The number of para-hydroxylation sites is 1. The van der Waals surface area contributed by atoms with Gasteiger partial charge in [0.05, 0.1) is 5.56 Å². The predicted octanol–water partition coefficient (Wildman–Crippen LogP) is 2.05. The Hall–Kier alpha value is -2.69. The molecule has 0 bridgehead atoms. The number of phenolic OH excluding ortho intramolecular Hbond substituents is 4. The van der Waals surface area contributed by atoms with Crippen molar-refractivity contribution >= 4 is 5.78 Å². The highest BCUT2D eigenvalue weighted by molar-refractivity contribution is 6.11. The summed E-state index contributed by atoms with van der Waals surface area (Å²) in [6.45, 7) is 1.54. The fourth-order valence-electron chi connectivity index (χ4n) is 1.76. The zero-order valence-electron chi connectivity index (χ0n) is 10.1. The molecule has 0 unspecified atom stereocenters. The number of aromatic hydroxyl groups is 4. The zero-order valence-corrected chi connectivity index (χ0v) is 10.1. The summed E-state index contributed by atoms with van der Waals surface area (Å²) < 4.78 is 0. The Morgan fingerprint density at radius 2 is 1.63 bits per heavy atom. The van der Waals surface area contributed by atoms with Crippen LogP contribution in [-0.2, 0) is 0 Å². The SMILES string of the molecule is Cc1cc(C(=O)c2cccc(O)c2O)cc(O)c1O. The third-order valence-corrected chi connectivity index (χ3v) is 2.80. The van der Waals surface area contributed by atoms with Crippen LogP contribution < -0.4 is 0 Å². The largest absolute Gasteiger partial charge is 0.504 e. The van der Waals surface area contributed by atoms with Crippen molar-refractivity contribution in [2.75, 3.05) is 0 Å². The first-order valence-electron chi connectivity index (χ1n) is 5.50. The van der Waals surface area contributed by atoms with E-state index < -0.39 is 23.0 Å². The van der Waals surface area contributed by atoms with E-state index in [-0.39, 0.29) is 16.9 Å². The smallest absolute Gasteiger partial charge is 0.197 e. The molecule has 0 aliphatic heterocycles. The third kappa shape index (κ3) is 2.18. The zero-order chi connectivity index (χ0) is 14.2. The molecule has 2 aromatic carbocycles. The molecule has 5 nitrogen and oxygen atoms in total. The molecule has 0 spiro atoms. The molecule has 0 aromatic heterocycles. The molecule has 0 aliphatic rings. The molecule has 0 heterocycles. The normalized spacial score (nSPS) is 10.4. The number of aryl methyl sites for hydroxylation is 1. The Labute approximate surface area is 109 Å². The Balaban J connectivity index is 2.53. The Morgan fingerprint density at radius 3 is 2.26 bits per heavy atom. The number of hydrogen-bond acceptors (Lipinski definition) is 5. The van der Waals surface area contributed by atoms with Gasteiger partial charge in [-0.05, 0) is 36.8 Å². The average molecular weight is 260 g/mol. The van der Waals surface area contributed by atoms with Gasteiger partial charge in [0.2, 0.25) is 0 Å². The van der Waals surface area contributed by atoms with Gasteiger partial charge in [-0.2, -0.15) is 0 Å². The van der Waals surface area contributed by atoms with Gasteiger partial charge < -0.3 is 20.4 Å². The summed E-state index contributed by atoms with van der Waals surface area (Å²) in [5, 5.41) is 37.9. The number of carbonyl (C=O) groups is 1. The van der Waals surface area contributed by atoms with E-state index in [1.807, 2.05) is 0 Å². The van der Waals surface area contributed by atoms with Gasteiger partial charge in [0.1, 0.15) is 0 Å². The van der Waals surface area contributed by atoms with Gasteiger partial charge >= 0.3 is 0 Å². The van der Waals surface area contributed by atoms with Crippen molar-refractivity contribution < 1.29 is 25.2 Å². The van der Waals surface area contributed by atoms with Crippen LogP contribution in [0.2, 0.25) is 0 Å². The molecule has 0 aliphatic carbocycles. The summed E-state index contributed by atoms with van der Waals surface area (Å²) in [4.78, 5) is 12.2. The van der Waals surface area contributed by atoms with E-state index in [1.165, 1.54) is 31.2 Å². The summed E-state index contributed by atoms with van der Waals surface area (Å²) in [5.41, 5.74) is 0.362. The highest BCUT2D eigenvalue weighted by Crippen LogP contribution is 2.33. The molecular formula is C14H12O5. The lowest BCUT2D eigenvalue weighted by Crippen LogP contribution is -2.02. The van der Waals surface area contributed by atoms with E-state index in [1.54, 1.807) is 0 Å². The number of ketones is 1. The van der Waals surface area contributed by atoms with Crippen LogP contribution in [0, 0.1) is 6.92 Å². The maximum atomic E-state index is 12.2. The summed E-state index contributed by atoms with van der Waals surface area (Å²) in [7, 11) is 0. The summed E-state index contributed by atoms with van der Waals surface area (Å²) in [6.07, 6.45) is 0. The second kappa shape index (κ2) is 4.53. The molecule has 2 aromatic rings. The van der Waals surface area contributed by atoms with Crippen LogP contribution in [0.1, 0.15) is 21.5 Å². The van der Waals surface area contributed by atoms with Crippen LogP contribution >= 0.6 is 0 Å². The molecule has 0 atom stereocenters. The fourth-order valence-corrected chi connectivity index (χ4v) is 1.76. The second-order valence-electron chi connectivity index (χ2n) is 4.16. The molecule has 0 fully saturated rings. The van der Waals surface area contributed by atoms with Gasteiger partial charge in [0.15, 0.2) is 28.8 Å². The van der Waals surface area contributed by atoms with Gasteiger partial charge in [0.25, 0.3) is 0 Å². The number of phenols is 4. The number of benzene rings is 2. The van der Waals surface area contributed by atoms with Gasteiger partial charge in [0, 0.05) is 5.56 Å². The van der Waals surface area contributed by atoms with Crippen molar-refractivity contribution in [2.45, 2.75) is 6.92 Å². The summed E-state index contributed by atoms with van der Waals surface area (Å²) >= 11 is 0. The monoisotopic (exact) mass is 260 g/mol. The van der Waals surface area contributed by atoms with Crippen LogP contribution in [-0.4, -0.2) is 26.2 Å². The van der Waals surface area contributed by atoms with Gasteiger partial charge in [-0.3, -0.25) is 4.79 Å². The van der Waals surface area contributed by atoms with E-state index >= 15 is 0 Å². The van der Waals surface area contributed by atoms with Crippen molar-refractivity contribution in [3.05, 3.63) is 47.0 Å². The Morgan fingerprint density at radius 1 is 0.947 bits per heavy atom. The molecule has 0 radical (unpaired) electrons. The lowest BCUT2D eigenvalue weighted by atomic mass is 9.99. The first-order chi connectivity index (χ1) is 8.91. The molecule has 0 saturated carbocycles. The van der Waals surface area contributed by atoms with E-state index in [4.69, 9.17) is 0 Å². The number of rotatable bonds is 2. The maximum absolute atomic E-state index is 12.2. The highest BCUT2D eigenvalue weighted by atomic mass is 16.3. The minimum atomic E-state index is -0.563. The van der Waals surface area contributed by atoms with Crippen LogP contribution in [0.25, 0.3) is 0 Å². The van der Waals surface area contributed by atoms with E-state index in [9.17, 15) is 25.2 Å². The van der Waals surface area contributed by atoms with Crippen LogP contribution in [0.15, 0.2) is 30.3 Å². The van der Waals surface area contributed by atoms with E-state index in [0.29, 0.717) is 5.56 Å². The molecular weight excluding hydrogens is 248 g/mol. The van der Waals surface area contributed by atoms with E-state index in [0.717, 1.165) is 6.07 Å². The van der Waals surface area contributed by atoms with Crippen LogP contribution in [0.4, 0.5) is 0 Å². The minimum Gasteiger partial charge on any atom is -0.504 e. The summed E-state index contributed by atoms with van der Waals surface area (Å²) in [5.74, 6) is -2.19. The van der Waals surface area contributed by atoms with Gasteiger partial charge in [-0.1, -0.05) is 6.07 Å². The fraction of sp³-hybridized carbons (Fsp3) is 0.0714. The average Bonchev–Trinajstić information content (AvgIpc) is 2.38. The van der Waals surface area contributed by atoms with Crippen molar-refractivity contribution in [1.29, 1.82) is 0 Å². The molecule has 98 valence electrons. The highest BCUT2D eigenvalue weighted by Gasteiger charge is 2.18. The molecule has 4 N–H and O–H groups in total. The Kier molecular flexibility index (Phi) is 3.04. The molecule has 5 heteroatoms. The van der Waals surface area contributed by atoms with Crippen LogP contribution in [0.5, 0.6) is 23.0 Å². The number of hydrogen-bond donors (Lipinski definition) is 4. The lowest BCUT2D eigenvalue weighted by molar-refractivity contribution is 0.103. The van der Waals surface area contributed by atoms with Crippen molar-refractivity contribution in [1.82, 2.24) is 0 Å². The topological polar surface area (TPSA) is 98.0 Å². The first kappa shape index (κ1) is 12.8. The lowest BCUT2D eigenvalue weighted by Gasteiger charge is -2.08. The predicted molar refractivity (Wildman–Crippen MR) is 67.7 cm³/mol. The summed E-state index contributed by atoms with van der Waals surface area (Å²) in [6, 6.07) is 6.53. The number of carbonyl (C=O) groups excluding carboxylic acids is 1. The van der Waals surface area contributed by atoms with Crippen LogP contribution in [0.3, 0.4) is 0 Å². The molecule has 19 heavy (non-hydrogen) atoms. The first-order valence-corrected chi connectivity index (χ1v) is 5.50. The molecule has 0 saturated heterocycles.